The monoisotopic (exact) mass is 219 g/mol. The summed E-state index contributed by atoms with van der Waals surface area (Å²) in [4.78, 5) is 3.93. The SMILES string of the molecule is COc1ccc(-c2ccc(O)cn2)c(F)c1. The molecule has 0 unspecified atom stereocenters. The number of hydrogen-bond donors (Lipinski definition) is 1. The van der Waals surface area contributed by atoms with E-state index in [1.807, 2.05) is 0 Å². The Kier molecular flexibility index (Phi) is 2.72. The van der Waals surface area contributed by atoms with Crippen molar-refractivity contribution in [2.45, 2.75) is 0 Å². The van der Waals surface area contributed by atoms with Crippen LogP contribution in [0.4, 0.5) is 4.39 Å². The van der Waals surface area contributed by atoms with Crippen LogP contribution in [0.2, 0.25) is 0 Å². The lowest BCUT2D eigenvalue weighted by molar-refractivity contribution is 0.411. The normalized spacial score (nSPS) is 10.1. The van der Waals surface area contributed by atoms with Crippen LogP contribution in [-0.2, 0) is 0 Å². The van der Waals surface area contributed by atoms with Crippen LogP contribution in [0.1, 0.15) is 0 Å². The number of benzene rings is 1. The molecule has 2 aromatic rings. The average Bonchev–Trinajstić information content (AvgIpc) is 2.30. The van der Waals surface area contributed by atoms with Crippen molar-refractivity contribution in [2.24, 2.45) is 0 Å². The van der Waals surface area contributed by atoms with Crippen molar-refractivity contribution in [3.8, 4) is 22.8 Å². The van der Waals surface area contributed by atoms with Gasteiger partial charge in [0.2, 0.25) is 0 Å². The number of aromatic hydroxyl groups is 1. The fraction of sp³-hybridized carbons (Fsp3) is 0.0833. The van der Waals surface area contributed by atoms with Crippen LogP contribution >= 0.6 is 0 Å². The van der Waals surface area contributed by atoms with E-state index in [1.54, 1.807) is 18.2 Å². The summed E-state index contributed by atoms with van der Waals surface area (Å²) < 4.78 is 18.5. The van der Waals surface area contributed by atoms with Gasteiger partial charge in [0.1, 0.15) is 17.3 Å². The molecule has 1 heterocycles. The first-order valence-corrected chi connectivity index (χ1v) is 4.69. The summed E-state index contributed by atoms with van der Waals surface area (Å²) in [5, 5.41) is 9.08. The standard InChI is InChI=1S/C12H10FNO2/c1-16-9-3-4-10(11(13)6-9)12-5-2-8(15)7-14-12/h2-7,15H,1H3. The first-order valence-electron chi connectivity index (χ1n) is 4.69. The Morgan fingerprint density at radius 2 is 2.06 bits per heavy atom. The van der Waals surface area contributed by atoms with Crippen LogP contribution in [0.3, 0.4) is 0 Å². The molecule has 1 aromatic heterocycles. The van der Waals surface area contributed by atoms with Gasteiger partial charge in [0.15, 0.2) is 0 Å². The third-order valence-electron chi connectivity index (χ3n) is 2.20. The Morgan fingerprint density at radius 1 is 1.25 bits per heavy atom. The Bertz CT molecular complexity index is 497. The highest BCUT2D eigenvalue weighted by atomic mass is 19.1. The van der Waals surface area contributed by atoms with Crippen LogP contribution in [0.15, 0.2) is 36.5 Å². The molecule has 0 saturated carbocycles. The molecular formula is C12H10FNO2. The second kappa shape index (κ2) is 4.18. The number of halogens is 1. The molecule has 0 aliphatic heterocycles. The molecule has 2 rings (SSSR count). The average molecular weight is 219 g/mol. The van der Waals surface area contributed by atoms with Crippen molar-refractivity contribution >= 4 is 0 Å². The van der Waals surface area contributed by atoms with Crippen molar-refractivity contribution in [3.63, 3.8) is 0 Å². The minimum absolute atomic E-state index is 0.0534. The third-order valence-corrected chi connectivity index (χ3v) is 2.20. The van der Waals surface area contributed by atoms with E-state index < -0.39 is 5.82 Å². The molecule has 82 valence electrons. The number of aromatic nitrogens is 1. The summed E-state index contributed by atoms with van der Waals surface area (Å²) in [5.74, 6) is 0.107. The molecule has 0 spiro atoms. The summed E-state index contributed by atoms with van der Waals surface area (Å²) in [5.41, 5.74) is 0.846. The van der Waals surface area contributed by atoms with Gasteiger partial charge in [-0.15, -0.1) is 0 Å². The van der Waals surface area contributed by atoms with E-state index >= 15 is 0 Å². The molecule has 0 aliphatic rings. The molecule has 0 amide bonds. The predicted molar refractivity (Wildman–Crippen MR) is 57.8 cm³/mol. The van der Waals surface area contributed by atoms with Crippen molar-refractivity contribution < 1.29 is 14.2 Å². The molecule has 0 atom stereocenters. The van der Waals surface area contributed by atoms with Crippen molar-refractivity contribution in [3.05, 3.63) is 42.3 Å². The quantitative estimate of drug-likeness (QED) is 0.844. The molecule has 0 radical (unpaired) electrons. The van der Waals surface area contributed by atoms with Crippen molar-refractivity contribution in [1.29, 1.82) is 0 Å². The summed E-state index contributed by atoms with van der Waals surface area (Å²) in [7, 11) is 1.48. The zero-order valence-electron chi connectivity index (χ0n) is 8.64. The second-order valence-electron chi connectivity index (χ2n) is 3.25. The molecule has 0 saturated heterocycles. The molecular weight excluding hydrogens is 209 g/mol. The Balaban J connectivity index is 2.44. The molecule has 0 bridgehead atoms. The Morgan fingerprint density at radius 3 is 2.62 bits per heavy atom. The topological polar surface area (TPSA) is 42.4 Å². The third kappa shape index (κ3) is 1.95. The molecule has 16 heavy (non-hydrogen) atoms. The van der Waals surface area contributed by atoms with Gasteiger partial charge < -0.3 is 9.84 Å². The lowest BCUT2D eigenvalue weighted by Gasteiger charge is -2.05. The first kappa shape index (κ1) is 10.4. The molecule has 4 heteroatoms. The maximum atomic E-state index is 13.6. The summed E-state index contributed by atoms with van der Waals surface area (Å²) >= 11 is 0. The fourth-order valence-electron chi connectivity index (χ4n) is 1.38. The van der Waals surface area contributed by atoms with Gasteiger partial charge in [-0.05, 0) is 24.3 Å². The smallest absolute Gasteiger partial charge is 0.136 e. The van der Waals surface area contributed by atoms with Crippen LogP contribution in [0.25, 0.3) is 11.3 Å². The lowest BCUT2D eigenvalue weighted by atomic mass is 10.1. The zero-order chi connectivity index (χ0) is 11.5. The van der Waals surface area contributed by atoms with Gasteiger partial charge in [-0.3, -0.25) is 4.98 Å². The Labute approximate surface area is 92.1 Å². The Hall–Kier alpha value is -2.10. The molecule has 3 nitrogen and oxygen atoms in total. The number of rotatable bonds is 2. The summed E-state index contributed by atoms with van der Waals surface area (Å²) in [6, 6.07) is 7.57. The van der Waals surface area contributed by atoms with E-state index in [0.29, 0.717) is 17.0 Å². The van der Waals surface area contributed by atoms with E-state index in [9.17, 15) is 4.39 Å². The van der Waals surface area contributed by atoms with Gasteiger partial charge in [0, 0.05) is 11.6 Å². The maximum Gasteiger partial charge on any atom is 0.136 e. The highest BCUT2D eigenvalue weighted by molar-refractivity contribution is 5.61. The van der Waals surface area contributed by atoms with Gasteiger partial charge in [0.25, 0.3) is 0 Å². The van der Waals surface area contributed by atoms with E-state index in [1.165, 1.54) is 25.4 Å². The predicted octanol–water partition coefficient (Wildman–Crippen LogP) is 2.60. The maximum absolute atomic E-state index is 13.6. The summed E-state index contributed by atoms with van der Waals surface area (Å²) in [6.07, 6.45) is 1.28. The van der Waals surface area contributed by atoms with Crippen LogP contribution in [-0.4, -0.2) is 17.2 Å². The highest BCUT2D eigenvalue weighted by Crippen LogP contribution is 2.25. The van der Waals surface area contributed by atoms with E-state index in [-0.39, 0.29) is 5.75 Å². The number of ether oxygens (including phenoxy) is 1. The molecule has 0 fully saturated rings. The minimum Gasteiger partial charge on any atom is -0.506 e. The zero-order valence-corrected chi connectivity index (χ0v) is 8.64. The molecule has 1 aromatic carbocycles. The largest absolute Gasteiger partial charge is 0.506 e. The van der Waals surface area contributed by atoms with Crippen molar-refractivity contribution in [1.82, 2.24) is 4.98 Å². The van der Waals surface area contributed by atoms with Crippen molar-refractivity contribution in [2.75, 3.05) is 7.11 Å². The minimum atomic E-state index is -0.405. The lowest BCUT2D eigenvalue weighted by Crippen LogP contribution is -1.89. The van der Waals surface area contributed by atoms with Gasteiger partial charge in [-0.25, -0.2) is 4.39 Å². The second-order valence-corrected chi connectivity index (χ2v) is 3.25. The van der Waals surface area contributed by atoms with E-state index in [4.69, 9.17) is 9.84 Å². The number of nitrogens with zero attached hydrogens (tertiary/aromatic N) is 1. The van der Waals surface area contributed by atoms with Gasteiger partial charge >= 0.3 is 0 Å². The van der Waals surface area contributed by atoms with E-state index in [0.717, 1.165) is 0 Å². The molecule has 0 aliphatic carbocycles. The van der Waals surface area contributed by atoms with E-state index in [2.05, 4.69) is 4.98 Å². The van der Waals surface area contributed by atoms with Gasteiger partial charge in [-0.1, -0.05) is 0 Å². The highest BCUT2D eigenvalue weighted by Gasteiger charge is 2.07. The molecule has 1 N–H and O–H groups in total. The van der Waals surface area contributed by atoms with Crippen LogP contribution in [0, 0.1) is 5.82 Å². The number of methoxy groups -OCH3 is 1. The summed E-state index contributed by atoms with van der Waals surface area (Å²) in [6.45, 7) is 0. The first-order chi connectivity index (χ1) is 7.70. The van der Waals surface area contributed by atoms with Crippen LogP contribution in [0.5, 0.6) is 11.5 Å². The van der Waals surface area contributed by atoms with Gasteiger partial charge in [-0.2, -0.15) is 0 Å². The fourth-order valence-corrected chi connectivity index (χ4v) is 1.38. The van der Waals surface area contributed by atoms with Gasteiger partial charge in [0.05, 0.1) is 19.0 Å². The number of pyridine rings is 1. The van der Waals surface area contributed by atoms with Crippen LogP contribution < -0.4 is 4.74 Å². The number of hydrogen-bond acceptors (Lipinski definition) is 3.